The minimum absolute atomic E-state index is 0.0412. The van der Waals surface area contributed by atoms with E-state index in [1.165, 1.54) is 0 Å². The number of hydrogen-bond donors (Lipinski definition) is 1. The maximum absolute atomic E-state index is 12.8. The molecule has 0 unspecified atom stereocenters. The summed E-state index contributed by atoms with van der Waals surface area (Å²) in [7, 11) is 0. The molecule has 2 aromatic carbocycles. The molecular weight excluding hydrogens is 274 g/mol. The lowest BCUT2D eigenvalue weighted by atomic mass is 9.92. The molecule has 0 atom stereocenters. The number of ether oxygens (including phenoxy) is 1. The normalized spacial score (nSPS) is 10.8. The maximum atomic E-state index is 12.8. The smallest absolute Gasteiger partial charge is 0.195 e. The van der Waals surface area contributed by atoms with Crippen LogP contribution in [0.5, 0.6) is 5.75 Å². The van der Waals surface area contributed by atoms with E-state index in [0.717, 1.165) is 16.9 Å². The quantitative estimate of drug-likeness (QED) is 0.660. The Hall–Kier alpha value is -2.29. The van der Waals surface area contributed by atoms with Crippen LogP contribution >= 0.6 is 0 Å². The maximum Gasteiger partial charge on any atom is 0.195 e. The molecule has 2 aromatic rings. The van der Waals surface area contributed by atoms with Gasteiger partial charge in [0.25, 0.3) is 0 Å². The van der Waals surface area contributed by atoms with Crippen LogP contribution in [-0.2, 0) is 0 Å². The van der Waals surface area contributed by atoms with Gasteiger partial charge in [-0.25, -0.2) is 0 Å². The second-order valence-electron chi connectivity index (χ2n) is 5.71. The molecule has 3 nitrogen and oxygen atoms in total. The fourth-order valence-electron chi connectivity index (χ4n) is 2.52. The minimum Gasteiger partial charge on any atom is -0.494 e. The van der Waals surface area contributed by atoms with E-state index in [-0.39, 0.29) is 11.7 Å². The molecule has 0 aromatic heterocycles. The van der Waals surface area contributed by atoms with E-state index in [1.807, 2.05) is 38.1 Å². The summed E-state index contributed by atoms with van der Waals surface area (Å²) >= 11 is 0. The number of nitrogens with two attached hydrogens (primary N) is 1. The Morgan fingerprint density at radius 2 is 1.86 bits per heavy atom. The predicted molar refractivity (Wildman–Crippen MR) is 90.7 cm³/mol. The number of aryl methyl sites for hydroxylation is 1. The molecule has 2 rings (SSSR count). The summed E-state index contributed by atoms with van der Waals surface area (Å²) < 4.78 is 5.71. The van der Waals surface area contributed by atoms with Crippen molar-refractivity contribution in [3.05, 3.63) is 58.7 Å². The Morgan fingerprint density at radius 3 is 2.45 bits per heavy atom. The molecule has 0 bridgehead atoms. The molecule has 0 radical (unpaired) electrons. The van der Waals surface area contributed by atoms with Crippen LogP contribution in [0, 0.1) is 6.92 Å². The van der Waals surface area contributed by atoms with Crippen LogP contribution in [0.25, 0.3) is 0 Å². The highest BCUT2D eigenvalue weighted by Gasteiger charge is 2.18. The van der Waals surface area contributed by atoms with Gasteiger partial charge in [0, 0.05) is 16.8 Å². The van der Waals surface area contributed by atoms with E-state index < -0.39 is 0 Å². The lowest BCUT2D eigenvalue weighted by molar-refractivity contribution is 0.103. The van der Waals surface area contributed by atoms with Gasteiger partial charge in [-0.05, 0) is 55.2 Å². The lowest BCUT2D eigenvalue weighted by Crippen LogP contribution is -2.09. The van der Waals surface area contributed by atoms with E-state index >= 15 is 0 Å². The van der Waals surface area contributed by atoms with Crippen LogP contribution in [0.1, 0.15) is 53.7 Å². The molecule has 2 N–H and O–H groups in total. The van der Waals surface area contributed by atoms with Crippen LogP contribution in [0.15, 0.2) is 36.4 Å². The van der Waals surface area contributed by atoms with Gasteiger partial charge in [0.1, 0.15) is 5.75 Å². The summed E-state index contributed by atoms with van der Waals surface area (Å²) in [4.78, 5) is 12.8. The second kappa shape index (κ2) is 6.65. The Bertz CT molecular complexity index is 690. The van der Waals surface area contributed by atoms with E-state index in [1.54, 1.807) is 12.1 Å². The molecule has 0 amide bonds. The van der Waals surface area contributed by atoms with Gasteiger partial charge in [0.05, 0.1) is 6.61 Å². The highest BCUT2D eigenvalue weighted by atomic mass is 16.5. The van der Waals surface area contributed by atoms with Gasteiger partial charge < -0.3 is 10.5 Å². The average Bonchev–Trinajstić information content (AvgIpc) is 2.47. The number of benzene rings is 2. The number of hydrogen-bond acceptors (Lipinski definition) is 3. The fourth-order valence-corrected chi connectivity index (χ4v) is 2.52. The number of ketones is 1. The second-order valence-corrected chi connectivity index (χ2v) is 5.71. The molecule has 3 heteroatoms. The van der Waals surface area contributed by atoms with E-state index in [2.05, 4.69) is 13.8 Å². The zero-order valence-corrected chi connectivity index (χ0v) is 13.6. The molecule has 0 heterocycles. The van der Waals surface area contributed by atoms with E-state index in [9.17, 15) is 4.79 Å². The van der Waals surface area contributed by atoms with Crippen molar-refractivity contribution in [3.63, 3.8) is 0 Å². The van der Waals surface area contributed by atoms with Gasteiger partial charge in [-0.1, -0.05) is 26.0 Å². The molecule has 0 saturated carbocycles. The predicted octanol–water partition coefficient (Wildman–Crippen LogP) is 4.33. The van der Waals surface area contributed by atoms with Gasteiger partial charge in [0.2, 0.25) is 0 Å². The molecule has 0 aliphatic carbocycles. The molecule has 116 valence electrons. The summed E-state index contributed by atoms with van der Waals surface area (Å²) in [5, 5.41) is 0. The summed E-state index contributed by atoms with van der Waals surface area (Å²) in [5.41, 5.74) is 9.63. The summed E-state index contributed by atoms with van der Waals surface area (Å²) in [6.45, 7) is 8.69. The van der Waals surface area contributed by atoms with Crippen molar-refractivity contribution in [2.75, 3.05) is 12.3 Å². The van der Waals surface area contributed by atoms with E-state index in [4.69, 9.17) is 10.5 Å². The van der Waals surface area contributed by atoms with Gasteiger partial charge in [-0.15, -0.1) is 0 Å². The molecule has 22 heavy (non-hydrogen) atoms. The number of carbonyl (C=O) groups excluding carboxylic acids is 1. The average molecular weight is 297 g/mol. The Morgan fingerprint density at radius 1 is 1.18 bits per heavy atom. The third-order valence-electron chi connectivity index (χ3n) is 3.73. The highest BCUT2D eigenvalue weighted by Crippen LogP contribution is 2.31. The number of anilines is 1. The molecular formula is C19H23NO2. The van der Waals surface area contributed by atoms with Gasteiger partial charge in [-0.3, -0.25) is 4.79 Å². The highest BCUT2D eigenvalue weighted by molar-refractivity contribution is 6.13. The van der Waals surface area contributed by atoms with Crippen LogP contribution in [0.4, 0.5) is 5.69 Å². The molecule has 0 spiro atoms. The van der Waals surface area contributed by atoms with E-state index in [0.29, 0.717) is 23.4 Å². The first-order valence-electron chi connectivity index (χ1n) is 7.62. The SMILES string of the molecule is CCOc1cc(C)c(C(=O)c2ccccc2N)cc1C(C)C. The van der Waals surface area contributed by atoms with Crippen molar-refractivity contribution in [1.82, 2.24) is 0 Å². The molecule has 0 saturated heterocycles. The van der Waals surface area contributed by atoms with Gasteiger partial charge >= 0.3 is 0 Å². The summed E-state index contributed by atoms with van der Waals surface area (Å²) in [6, 6.07) is 11.1. The van der Waals surface area contributed by atoms with Gasteiger partial charge in [0.15, 0.2) is 5.78 Å². The third kappa shape index (κ3) is 3.14. The first-order valence-corrected chi connectivity index (χ1v) is 7.62. The number of rotatable bonds is 5. The van der Waals surface area contributed by atoms with Crippen molar-refractivity contribution in [2.24, 2.45) is 0 Å². The van der Waals surface area contributed by atoms with Crippen LogP contribution in [0.2, 0.25) is 0 Å². The monoisotopic (exact) mass is 297 g/mol. The van der Waals surface area contributed by atoms with Gasteiger partial charge in [-0.2, -0.15) is 0 Å². The van der Waals surface area contributed by atoms with Crippen molar-refractivity contribution in [3.8, 4) is 5.75 Å². The first-order chi connectivity index (χ1) is 10.5. The van der Waals surface area contributed by atoms with Crippen molar-refractivity contribution < 1.29 is 9.53 Å². The number of para-hydroxylation sites is 1. The van der Waals surface area contributed by atoms with Crippen molar-refractivity contribution in [2.45, 2.75) is 33.6 Å². The topological polar surface area (TPSA) is 52.3 Å². The Kier molecular flexibility index (Phi) is 4.86. The van der Waals surface area contributed by atoms with Crippen LogP contribution in [-0.4, -0.2) is 12.4 Å². The van der Waals surface area contributed by atoms with Crippen LogP contribution in [0.3, 0.4) is 0 Å². The number of nitrogen functional groups attached to an aromatic ring is 1. The lowest BCUT2D eigenvalue weighted by Gasteiger charge is -2.17. The molecule has 0 aliphatic heterocycles. The summed E-state index contributed by atoms with van der Waals surface area (Å²) in [5.74, 6) is 1.09. The summed E-state index contributed by atoms with van der Waals surface area (Å²) in [6.07, 6.45) is 0. The Labute approximate surface area is 132 Å². The largest absolute Gasteiger partial charge is 0.494 e. The Balaban J connectivity index is 2.54. The zero-order valence-electron chi connectivity index (χ0n) is 13.6. The van der Waals surface area contributed by atoms with Crippen molar-refractivity contribution in [1.29, 1.82) is 0 Å². The molecule has 0 fully saturated rings. The number of carbonyl (C=O) groups is 1. The first kappa shape index (κ1) is 16.1. The standard InChI is InChI=1S/C19H23NO2/c1-5-22-18-10-13(4)16(11-15(18)12(2)3)19(21)14-8-6-7-9-17(14)20/h6-12H,5,20H2,1-4H3. The van der Waals surface area contributed by atoms with Crippen LogP contribution < -0.4 is 10.5 Å². The zero-order chi connectivity index (χ0) is 16.3. The van der Waals surface area contributed by atoms with Crippen molar-refractivity contribution >= 4 is 11.5 Å². The molecule has 0 aliphatic rings. The fraction of sp³-hybridized carbons (Fsp3) is 0.316. The third-order valence-corrected chi connectivity index (χ3v) is 3.73. The minimum atomic E-state index is -0.0412.